The Morgan fingerprint density at radius 3 is 2.72 bits per heavy atom. The van der Waals surface area contributed by atoms with E-state index < -0.39 is 4.92 Å². The van der Waals surface area contributed by atoms with Crippen LogP contribution >= 0.6 is 0 Å². The van der Waals surface area contributed by atoms with E-state index in [2.05, 4.69) is 10.6 Å². The second kappa shape index (κ2) is 6.70. The van der Waals surface area contributed by atoms with E-state index in [1.807, 2.05) is 13.8 Å². The van der Waals surface area contributed by atoms with Crippen molar-refractivity contribution in [2.75, 3.05) is 11.9 Å². The maximum absolute atomic E-state index is 11.6. The molecule has 0 fully saturated rings. The lowest BCUT2D eigenvalue weighted by atomic mass is 10.2. The summed E-state index contributed by atoms with van der Waals surface area (Å²) in [6.45, 7) is 4.12. The molecule has 0 aliphatic heterocycles. The summed E-state index contributed by atoms with van der Waals surface area (Å²) in [6.07, 6.45) is 0.915. The highest BCUT2D eigenvalue weighted by Gasteiger charge is 2.14. The zero-order valence-corrected chi connectivity index (χ0v) is 10.5. The fourth-order valence-corrected chi connectivity index (χ4v) is 1.34. The monoisotopic (exact) mass is 251 g/mol. The van der Waals surface area contributed by atoms with Crippen LogP contribution in [0.1, 0.15) is 20.3 Å². The third-order valence-electron chi connectivity index (χ3n) is 2.60. The first-order chi connectivity index (χ1) is 8.54. The second-order valence-electron chi connectivity index (χ2n) is 4.01. The summed E-state index contributed by atoms with van der Waals surface area (Å²) in [5.41, 5.74) is 0.118. The molecule has 6 heteroatoms. The molecule has 0 aromatic heterocycles. The molecule has 0 spiro atoms. The van der Waals surface area contributed by atoms with Gasteiger partial charge in [0.05, 0.1) is 11.5 Å². The Kier molecular flexibility index (Phi) is 5.26. The van der Waals surface area contributed by atoms with E-state index in [0.717, 1.165) is 6.42 Å². The molecule has 1 aromatic carbocycles. The number of benzene rings is 1. The number of para-hydroxylation sites is 2. The first-order valence-electron chi connectivity index (χ1n) is 5.81. The number of nitrogens with zero attached hydrogens (tertiary/aromatic N) is 1. The van der Waals surface area contributed by atoms with E-state index in [9.17, 15) is 14.9 Å². The van der Waals surface area contributed by atoms with Gasteiger partial charge in [0, 0.05) is 12.1 Å². The lowest BCUT2D eigenvalue weighted by Crippen LogP contribution is -2.34. The lowest BCUT2D eigenvalue weighted by Gasteiger charge is -2.11. The van der Waals surface area contributed by atoms with Crippen molar-refractivity contribution in [1.29, 1.82) is 0 Å². The van der Waals surface area contributed by atoms with Crippen LogP contribution in [-0.4, -0.2) is 23.4 Å². The molecule has 2 N–H and O–H groups in total. The molecule has 1 atom stereocenters. The van der Waals surface area contributed by atoms with Crippen molar-refractivity contribution in [2.45, 2.75) is 26.3 Å². The predicted octanol–water partition coefficient (Wildman–Crippen LogP) is 1.92. The van der Waals surface area contributed by atoms with Gasteiger partial charge in [-0.15, -0.1) is 0 Å². The largest absolute Gasteiger partial charge is 0.319 e. The van der Waals surface area contributed by atoms with Crippen LogP contribution in [0.15, 0.2) is 24.3 Å². The number of hydrogen-bond acceptors (Lipinski definition) is 4. The van der Waals surface area contributed by atoms with E-state index in [1.54, 1.807) is 12.1 Å². The minimum absolute atomic E-state index is 0.102. The van der Waals surface area contributed by atoms with Gasteiger partial charge in [0.25, 0.3) is 5.69 Å². The number of anilines is 1. The summed E-state index contributed by atoms with van der Waals surface area (Å²) in [5, 5.41) is 16.3. The van der Waals surface area contributed by atoms with E-state index in [-0.39, 0.29) is 29.9 Å². The van der Waals surface area contributed by atoms with Crippen molar-refractivity contribution >= 4 is 17.3 Å². The van der Waals surface area contributed by atoms with Crippen LogP contribution in [0.2, 0.25) is 0 Å². The molecular weight excluding hydrogens is 234 g/mol. The molecule has 1 aromatic rings. The van der Waals surface area contributed by atoms with Crippen LogP contribution in [0.5, 0.6) is 0 Å². The average Bonchev–Trinajstić information content (AvgIpc) is 2.36. The van der Waals surface area contributed by atoms with Gasteiger partial charge in [-0.05, 0) is 19.4 Å². The fourth-order valence-electron chi connectivity index (χ4n) is 1.34. The van der Waals surface area contributed by atoms with Crippen molar-refractivity contribution in [1.82, 2.24) is 5.32 Å². The molecular formula is C12H17N3O3. The number of hydrogen-bond donors (Lipinski definition) is 2. The zero-order chi connectivity index (χ0) is 13.5. The Morgan fingerprint density at radius 2 is 2.11 bits per heavy atom. The number of nitrogens with one attached hydrogen (secondary N) is 2. The van der Waals surface area contributed by atoms with E-state index in [4.69, 9.17) is 0 Å². The van der Waals surface area contributed by atoms with Crippen molar-refractivity contribution in [2.24, 2.45) is 0 Å². The van der Waals surface area contributed by atoms with Gasteiger partial charge in [-0.25, -0.2) is 0 Å². The molecule has 0 heterocycles. The highest BCUT2D eigenvalue weighted by molar-refractivity contribution is 5.94. The smallest absolute Gasteiger partial charge is 0.292 e. The maximum Gasteiger partial charge on any atom is 0.292 e. The van der Waals surface area contributed by atoms with Crippen LogP contribution in [0.25, 0.3) is 0 Å². The molecule has 1 rings (SSSR count). The summed E-state index contributed by atoms with van der Waals surface area (Å²) in [7, 11) is 0. The normalized spacial score (nSPS) is 11.9. The first-order valence-corrected chi connectivity index (χ1v) is 5.81. The number of carbonyl (C=O) groups is 1. The number of nitro groups is 1. The SMILES string of the molecule is CCC(C)NCC(=O)Nc1ccccc1[N+](=O)[O-]. The third kappa shape index (κ3) is 4.14. The fraction of sp³-hybridized carbons (Fsp3) is 0.417. The summed E-state index contributed by atoms with van der Waals surface area (Å²) in [4.78, 5) is 21.8. The molecule has 0 saturated heterocycles. The summed E-state index contributed by atoms with van der Waals surface area (Å²) < 4.78 is 0. The molecule has 98 valence electrons. The van der Waals surface area contributed by atoms with E-state index >= 15 is 0 Å². The topological polar surface area (TPSA) is 84.3 Å². The van der Waals surface area contributed by atoms with Gasteiger partial charge in [0.1, 0.15) is 5.69 Å². The molecule has 0 saturated carbocycles. The molecule has 6 nitrogen and oxygen atoms in total. The first kappa shape index (κ1) is 14.1. The Balaban J connectivity index is 2.62. The Labute approximate surface area is 106 Å². The molecule has 18 heavy (non-hydrogen) atoms. The molecule has 1 unspecified atom stereocenters. The quantitative estimate of drug-likeness (QED) is 0.597. The van der Waals surface area contributed by atoms with Crippen molar-refractivity contribution in [3.63, 3.8) is 0 Å². The van der Waals surface area contributed by atoms with Crippen molar-refractivity contribution in [3.8, 4) is 0 Å². The van der Waals surface area contributed by atoms with Crippen LogP contribution in [0, 0.1) is 10.1 Å². The molecule has 1 amide bonds. The standard InChI is InChI=1S/C12H17N3O3/c1-3-9(2)13-8-12(16)14-10-6-4-5-7-11(10)15(17)18/h4-7,9,13H,3,8H2,1-2H3,(H,14,16). The van der Waals surface area contributed by atoms with Gasteiger partial charge in [-0.2, -0.15) is 0 Å². The maximum atomic E-state index is 11.6. The van der Waals surface area contributed by atoms with Crippen LogP contribution in [-0.2, 0) is 4.79 Å². The minimum atomic E-state index is -0.516. The van der Waals surface area contributed by atoms with Crippen molar-refractivity contribution < 1.29 is 9.72 Å². The summed E-state index contributed by atoms with van der Waals surface area (Å²) >= 11 is 0. The number of rotatable bonds is 6. The Hall–Kier alpha value is -1.95. The van der Waals surface area contributed by atoms with Crippen molar-refractivity contribution in [3.05, 3.63) is 34.4 Å². The summed E-state index contributed by atoms with van der Waals surface area (Å²) in [5.74, 6) is -0.287. The molecule has 0 aliphatic rings. The number of amides is 1. The molecule has 0 radical (unpaired) electrons. The second-order valence-corrected chi connectivity index (χ2v) is 4.01. The zero-order valence-electron chi connectivity index (χ0n) is 10.5. The highest BCUT2D eigenvalue weighted by Crippen LogP contribution is 2.22. The van der Waals surface area contributed by atoms with Gasteiger partial charge < -0.3 is 10.6 Å². The van der Waals surface area contributed by atoms with Gasteiger partial charge in [0.2, 0.25) is 5.91 Å². The van der Waals surface area contributed by atoms with Gasteiger partial charge in [-0.1, -0.05) is 19.1 Å². The number of nitro benzene ring substituents is 1. The number of carbonyl (C=O) groups excluding carboxylic acids is 1. The van der Waals surface area contributed by atoms with Gasteiger partial charge >= 0.3 is 0 Å². The molecule has 0 aliphatic carbocycles. The van der Waals surface area contributed by atoms with Crippen LogP contribution in [0.4, 0.5) is 11.4 Å². The van der Waals surface area contributed by atoms with E-state index in [0.29, 0.717) is 0 Å². The molecule has 0 bridgehead atoms. The Morgan fingerprint density at radius 1 is 1.44 bits per heavy atom. The van der Waals surface area contributed by atoms with E-state index in [1.165, 1.54) is 12.1 Å². The third-order valence-corrected chi connectivity index (χ3v) is 2.60. The predicted molar refractivity (Wildman–Crippen MR) is 69.5 cm³/mol. The Bertz CT molecular complexity index is 434. The van der Waals surface area contributed by atoms with Gasteiger partial charge in [-0.3, -0.25) is 14.9 Å². The van der Waals surface area contributed by atoms with Crippen LogP contribution < -0.4 is 10.6 Å². The highest BCUT2D eigenvalue weighted by atomic mass is 16.6. The van der Waals surface area contributed by atoms with Crippen LogP contribution in [0.3, 0.4) is 0 Å². The minimum Gasteiger partial charge on any atom is -0.319 e. The van der Waals surface area contributed by atoms with Gasteiger partial charge in [0.15, 0.2) is 0 Å². The lowest BCUT2D eigenvalue weighted by molar-refractivity contribution is -0.383. The average molecular weight is 251 g/mol. The summed E-state index contributed by atoms with van der Waals surface area (Å²) in [6, 6.07) is 6.31.